The van der Waals surface area contributed by atoms with Gasteiger partial charge in [0.05, 0.1) is 14.2 Å². The number of benzene rings is 1. The van der Waals surface area contributed by atoms with Crippen molar-refractivity contribution in [3.05, 3.63) is 46.5 Å². The van der Waals surface area contributed by atoms with E-state index in [4.69, 9.17) is 14.0 Å². The van der Waals surface area contributed by atoms with Gasteiger partial charge in [0.1, 0.15) is 0 Å². The van der Waals surface area contributed by atoms with E-state index in [1.165, 1.54) is 0 Å². The second-order valence-electron chi connectivity index (χ2n) is 7.53. The number of carbonyl (C=O) groups excluding carboxylic acids is 1. The Morgan fingerprint density at radius 2 is 2.16 bits per heavy atom. The zero-order valence-electron chi connectivity index (χ0n) is 17.7. The van der Waals surface area contributed by atoms with E-state index in [2.05, 4.69) is 15.5 Å². The van der Waals surface area contributed by atoms with Crippen LogP contribution in [0.1, 0.15) is 24.3 Å². The molecule has 1 saturated heterocycles. The first-order chi connectivity index (χ1) is 15.2. The van der Waals surface area contributed by atoms with Crippen LogP contribution in [0.2, 0.25) is 0 Å². The lowest BCUT2D eigenvalue weighted by Gasteiger charge is -2.32. The molecule has 0 spiro atoms. The van der Waals surface area contributed by atoms with Crippen molar-refractivity contribution in [2.45, 2.75) is 25.8 Å². The zero-order chi connectivity index (χ0) is 21.6. The van der Waals surface area contributed by atoms with Gasteiger partial charge in [0, 0.05) is 37.0 Å². The largest absolute Gasteiger partial charge is 0.493 e. The number of rotatable bonds is 7. The van der Waals surface area contributed by atoms with Gasteiger partial charge in [-0.05, 0) is 47.9 Å². The number of ether oxygens (including phenoxy) is 2. The predicted molar refractivity (Wildman–Crippen MR) is 117 cm³/mol. The Hall–Kier alpha value is -3.07. The van der Waals surface area contributed by atoms with Gasteiger partial charge in [0.2, 0.25) is 11.7 Å². The summed E-state index contributed by atoms with van der Waals surface area (Å²) in [5.41, 5.74) is 1.92. The third kappa shape index (κ3) is 5.16. The van der Waals surface area contributed by atoms with E-state index in [1.54, 1.807) is 25.6 Å². The quantitative estimate of drug-likeness (QED) is 0.595. The summed E-state index contributed by atoms with van der Waals surface area (Å²) in [6, 6.07) is 7.54. The summed E-state index contributed by atoms with van der Waals surface area (Å²) >= 11 is 1.60. The molecule has 1 aliphatic rings. The summed E-state index contributed by atoms with van der Waals surface area (Å²) in [5.74, 6) is 2.86. The average molecular weight is 443 g/mol. The molecule has 2 aromatic heterocycles. The molecule has 1 N–H and O–H groups in total. The van der Waals surface area contributed by atoms with Crippen LogP contribution in [0.25, 0.3) is 11.4 Å². The Morgan fingerprint density at radius 1 is 1.29 bits per heavy atom. The maximum Gasteiger partial charge on any atom is 0.317 e. The van der Waals surface area contributed by atoms with E-state index in [0.29, 0.717) is 48.6 Å². The number of hydrogen-bond donors (Lipinski definition) is 1. The number of urea groups is 1. The van der Waals surface area contributed by atoms with Crippen molar-refractivity contribution in [3.8, 4) is 22.9 Å². The number of carbonyl (C=O) groups is 1. The molecule has 1 fully saturated rings. The van der Waals surface area contributed by atoms with Crippen molar-refractivity contribution >= 4 is 17.4 Å². The Kier molecular flexibility index (Phi) is 6.71. The first kappa shape index (κ1) is 21.2. The van der Waals surface area contributed by atoms with Crippen molar-refractivity contribution in [1.82, 2.24) is 20.4 Å². The number of piperidine rings is 1. The van der Waals surface area contributed by atoms with Gasteiger partial charge in [-0.25, -0.2) is 4.79 Å². The van der Waals surface area contributed by atoms with Crippen molar-refractivity contribution < 1.29 is 18.8 Å². The van der Waals surface area contributed by atoms with E-state index < -0.39 is 0 Å². The lowest BCUT2D eigenvalue weighted by molar-refractivity contribution is 0.161. The monoisotopic (exact) mass is 442 g/mol. The molecule has 0 saturated carbocycles. The molecule has 9 heteroatoms. The lowest BCUT2D eigenvalue weighted by Crippen LogP contribution is -2.45. The number of methoxy groups -OCH3 is 2. The summed E-state index contributed by atoms with van der Waals surface area (Å²) < 4.78 is 16.0. The highest BCUT2D eigenvalue weighted by Gasteiger charge is 2.25. The molecule has 4 rings (SSSR count). The highest BCUT2D eigenvalue weighted by molar-refractivity contribution is 7.08. The second-order valence-corrected chi connectivity index (χ2v) is 8.31. The molecule has 0 unspecified atom stereocenters. The minimum atomic E-state index is -0.0658. The van der Waals surface area contributed by atoms with Gasteiger partial charge in [0.15, 0.2) is 11.5 Å². The number of amides is 2. The van der Waals surface area contributed by atoms with Crippen LogP contribution in [-0.4, -0.2) is 48.4 Å². The Balaban J connectivity index is 1.30. The standard InChI is InChI=1S/C22H26N4O4S/c1-28-18-6-5-15(10-19(18)29-2)12-23-22(27)26-8-3-4-16(13-26)11-20-24-21(25-30-20)17-7-9-31-14-17/h5-7,9-10,14,16H,3-4,8,11-13H2,1-2H3,(H,23,27)/t16-/m1/s1. The van der Waals surface area contributed by atoms with Crippen LogP contribution in [0.5, 0.6) is 11.5 Å². The summed E-state index contributed by atoms with van der Waals surface area (Å²) in [7, 11) is 3.20. The van der Waals surface area contributed by atoms with E-state index in [1.807, 2.05) is 39.9 Å². The van der Waals surface area contributed by atoms with Gasteiger partial charge < -0.3 is 24.2 Å². The highest BCUT2D eigenvalue weighted by atomic mass is 32.1. The molecule has 31 heavy (non-hydrogen) atoms. The van der Waals surface area contributed by atoms with E-state index in [-0.39, 0.29) is 6.03 Å². The van der Waals surface area contributed by atoms with Crippen LogP contribution >= 0.6 is 11.3 Å². The second kappa shape index (κ2) is 9.82. The third-order valence-electron chi connectivity index (χ3n) is 5.41. The van der Waals surface area contributed by atoms with Crippen molar-refractivity contribution in [1.29, 1.82) is 0 Å². The zero-order valence-corrected chi connectivity index (χ0v) is 18.5. The fourth-order valence-corrected chi connectivity index (χ4v) is 4.42. The maximum absolute atomic E-state index is 12.7. The lowest BCUT2D eigenvalue weighted by atomic mass is 9.95. The van der Waals surface area contributed by atoms with Gasteiger partial charge in [-0.2, -0.15) is 16.3 Å². The minimum Gasteiger partial charge on any atom is -0.493 e. The van der Waals surface area contributed by atoms with Crippen LogP contribution in [-0.2, 0) is 13.0 Å². The average Bonchev–Trinajstić information content (AvgIpc) is 3.49. The molecule has 164 valence electrons. The Bertz CT molecular complexity index is 1000. The van der Waals surface area contributed by atoms with E-state index in [0.717, 1.165) is 30.5 Å². The summed E-state index contributed by atoms with van der Waals surface area (Å²) in [6.45, 7) is 1.85. The Labute approximate surface area is 185 Å². The topological polar surface area (TPSA) is 89.7 Å². The molecular weight excluding hydrogens is 416 g/mol. The summed E-state index contributed by atoms with van der Waals surface area (Å²) in [5, 5.41) is 11.1. The minimum absolute atomic E-state index is 0.0658. The number of nitrogens with zero attached hydrogens (tertiary/aromatic N) is 3. The van der Waals surface area contributed by atoms with Crippen LogP contribution in [0.3, 0.4) is 0 Å². The number of hydrogen-bond acceptors (Lipinski definition) is 7. The third-order valence-corrected chi connectivity index (χ3v) is 6.09. The Morgan fingerprint density at radius 3 is 2.94 bits per heavy atom. The van der Waals surface area contributed by atoms with Crippen LogP contribution in [0.4, 0.5) is 4.79 Å². The predicted octanol–water partition coefficient (Wildman–Crippen LogP) is 3.98. The van der Waals surface area contributed by atoms with Gasteiger partial charge in [-0.1, -0.05) is 11.2 Å². The highest BCUT2D eigenvalue weighted by Crippen LogP contribution is 2.27. The first-order valence-corrected chi connectivity index (χ1v) is 11.2. The maximum atomic E-state index is 12.7. The van der Waals surface area contributed by atoms with Crippen molar-refractivity contribution in [2.75, 3.05) is 27.3 Å². The molecule has 8 nitrogen and oxygen atoms in total. The van der Waals surface area contributed by atoms with Gasteiger partial charge >= 0.3 is 6.03 Å². The van der Waals surface area contributed by atoms with E-state index >= 15 is 0 Å². The molecule has 0 radical (unpaired) electrons. The van der Waals surface area contributed by atoms with Gasteiger partial charge in [0.25, 0.3) is 0 Å². The molecular formula is C22H26N4O4S. The molecule has 3 aromatic rings. The van der Waals surface area contributed by atoms with Gasteiger partial charge in [-0.3, -0.25) is 0 Å². The fourth-order valence-electron chi connectivity index (χ4n) is 3.79. The number of thiophene rings is 1. The van der Waals surface area contributed by atoms with Crippen LogP contribution in [0, 0.1) is 5.92 Å². The SMILES string of the molecule is COc1ccc(CNC(=O)N2CCC[C@H](Cc3nc(-c4ccsc4)no3)C2)cc1OC. The number of aromatic nitrogens is 2. The molecule has 1 aromatic carbocycles. The van der Waals surface area contributed by atoms with Crippen molar-refractivity contribution in [2.24, 2.45) is 5.92 Å². The number of nitrogens with one attached hydrogen (secondary N) is 1. The van der Waals surface area contributed by atoms with Crippen LogP contribution in [0.15, 0.2) is 39.5 Å². The molecule has 2 amide bonds. The summed E-state index contributed by atoms with van der Waals surface area (Å²) in [6.07, 6.45) is 2.67. The van der Waals surface area contributed by atoms with Gasteiger partial charge in [-0.15, -0.1) is 0 Å². The van der Waals surface area contributed by atoms with E-state index in [9.17, 15) is 4.79 Å². The van der Waals surface area contributed by atoms with Crippen LogP contribution < -0.4 is 14.8 Å². The molecule has 3 heterocycles. The molecule has 1 aliphatic heterocycles. The number of likely N-dealkylation sites (tertiary alicyclic amines) is 1. The fraction of sp³-hybridized carbons (Fsp3) is 0.409. The van der Waals surface area contributed by atoms with Crippen molar-refractivity contribution in [3.63, 3.8) is 0 Å². The molecule has 1 atom stereocenters. The normalized spacial score (nSPS) is 16.2. The smallest absolute Gasteiger partial charge is 0.317 e. The molecule has 0 bridgehead atoms. The molecule has 0 aliphatic carbocycles. The first-order valence-electron chi connectivity index (χ1n) is 10.2. The summed E-state index contributed by atoms with van der Waals surface area (Å²) in [4.78, 5) is 19.1.